The van der Waals surface area contributed by atoms with Crippen molar-refractivity contribution in [3.63, 3.8) is 0 Å². The van der Waals surface area contributed by atoms with Gasteiger partial charge in [-0.05, 0) is 13.0 Å². The molecule has 1 rings (SSSR count). The van der Waals surface area contributed by atoms with Gasteiger partial charge < -0.3 is 10.8 Å². The zero-order valence-corrected chi connectivity index (χ0v) is 7.57. The maximum Gasteiger partial charge on any atom is 0.167 e. The number of hydrogen-bond acceptors (Lipinski definition) is 2. The van der Waals surface area contributed by atoms with Crippen LogP contribution in [-0.2, 0) is 0 Å². The SMILES string of the molecule is CC(N)c1c(O)c(Cl)cc(F)c1F. The Morgan fingerprint density at radius 1 is 1.54 bits per heavy atom. The van der Waals surface area contributed by atoms with Crippen LogP contribution in [0.5, 0.6) is 5.75 Å². The molecule has 0 saturated heterocycles. The third-order valence-corrected chi connectivity index (χ3v) is 1.92. The Bertz CT molecular complexity index is 315. The van der Waals surface area contributed by atoms with Crippen molar-refractivity contribution in [2.45, 2.75) is 13.0 Å². The molecule has 0 aliphatic rings. The van der Waals surface area contributed by atoms with Crippen LogP contribution < -0.4 is 5.73 Å². The predicted molar refractivity (Wildman–Crippen MR) is 45.6 cm³/mol. The Hall–Kier alpha value is -0.870. The van der Waals surface area contributed by atoms with Gasteiger partial charge in [-0.2, -0.15) is 0 Å². The first-order valence-electron chi connectivity index (χ1n) is 3.57. The van der Waals surface area contributed by atoms with Crippen molar-refractivity contribution in [1.82, 2.24) is 0 Å². The summed E-state index contributed by atoms with van der Waals surface area (Å²) in [6, 6.07) is -0.105. The molecule has 3 N–H and O–H groups in total. The minimum Gasteiger partial charge on any atom is -0.506 e. The lowest BCUT2D eigenvalue weighted by atomic mass is 10.1. The number of rotatable bonds is 1. The Balaban J connectivity index is 3.46. The normalized spacial score (nSPS) is 13.0. The largest absolute Gasteiger partial charge is 0.506 e. The molecule has 5 heteroatoms. The van der Waals surface area contributed by atoms with E-state index in [1.807, 2.05) is 0 Å². The van der Waals surface area contributed by atoms with Gasteiger partial charge in [0.15, 0.2) is 11.6 Å². The Morgan fingerprint density at radius 2 is 2.08 bits per heavy atom. The maximum atomic E-state index is 13.0. The highest BCUT2D eigenvalue weighted by Gasteiger charge is 2.19. The predicted octanol–water partition coefficient (Wildman–Crippen LogP) is 2.34. The molecule has 0 radical (unpaired) electrons. The quantitative estimate of drug-likeness (QED) is 0.695. The summed E-state index contributed by atoms with van der Waals surface area (Å²) in [5.74, 6) is -2.78. The molecular weight excluding hydrogens is 200 g/mol. The molecule has 0 saturated carbocycles. The summed E-state index contributed by atoms with van der Waals surface area (Å²) in [7, 11) is 0. The molecule has 1 aromatic rings. The van der Waals surface area contributed by atoms with E-state index in [-0.39, 0.29) is 10.6 Å². The summed E-state index contributed by atoms with van der Waals surface area (Å²) in [4.78, 5) is 0. The molecular formula is C8H8ClF2NO. The topological polar surface area (TPSA) is 46.2 Å². The van der Waals surface area contributed by atoms with Crippen molar-refractivity contribution in [3.8, 4) is 5.75 Å². The molecule has 0 fully saturated rings. The van der Waals surface area contributed by atoms with Crippen molar-refractivity contribution in [2.75, 3.05) is 0 Å². The summed E-state index contributed by atoms with van der Waals surface area (Å²) in [5.41, 5.74) is 5.03. The van der Waals surface area contributed by atoms with Gasteiger partial charge in [0.2, 0.25) is 0 Å². The molecule has 1 aromatic carbocycles. The van der Waals surface area contributed by atoms with Crippen LogP contribution in [-0.4, -0.2) is 5.11 Å². The third-order valence-electron chi connectivity index (χ3n) is 1.64. The number of aromatic hydroxyl groups is 1. The van der Waals surface area contributed by atoms with Gasteiger partial charge in [-0.25, -0.2) is 8.78 Å². The Morgan fingerprint density at radius 3 is 2.54 bits per heavy atom. The zero-order chi connectivity index (χ0) is 10.2. The van der Waals surface area contributed by atoms with E-state index >= 15 is 0 Å². The first-order chi connectivity index (χ1) is 5.95. The fourth-order valence-corrected chi connectivity index (χ4v) is 1.22. The second-order valence-electron chi connectivity index (χ2n) is 2.71. The van der Waals surface area contributed by atoms with Crippen LogP contribution in [0.15, 0.2) is 6.07 Å². The summed E-state index contributed by atoms with van der Waals surface area (Å²) in [6.45, 7) is 1.42. The summed E-state index contributed by atoms with van der Waals surface area (Å²) in [6.07, 6.45) is 0. The van der Waals surface area contributed by atoms with Gasteiger partial charge in [-0.3, -0.25) is 0 Å². The molecule has 0 heterocycles. The van der Waals surface area contributed by atoms with Crippen LogP contribution in [0.4, 0.5) is 8.78 Å². The van der Waals surface area contributed by atoms with E-state index in [0.29, 0.717) is 6.07 Å². The Kier molecular flexibility index (Phi) is 2.73. The lowest BCUT2D eigenvalue weighted by molar-refractivity contribution is 0.434. The molecule has 0 aliphatic carbocycles. The van der Waals surface area contributed by atoms with Crippen LogP contribution in [0.1, 0.15) is 18.5 Å². The Labute approximate surface area is 78.9 Å². The van der Waals surface area contributed by atoms with Crippen LogP contribution >= 0.6 is 11.6 Å². The highest BCUT2D eigenvalue weighted by atomic mass is 35.5. The van der Waals surface area contributed by atoms with Gasteiger partial charge in [0.05, 0.1) is 10.6 Å². The van der Waals surface area contributed by atoms with Gasteiger partial charge >= 0.3 is 0 Å². The minimum absolute atomic E-state index is 0.244. The first kappa shape index (κ1) is 10.2. The second kappa shape index (κ2) is 3.47. The summed E-state index contributed by atoms with van der Waals surface area (Å²) < 4.78 is 25.8. The molecule has 0 aliphatic heterocycles. The zero-order valence-electron chi connectivity index (χ0n) is 6.81. The number of hydrogen-bond donors (Lipinski definition) is 2. The third kappa shape index (κ3) is 1.73. The molecule has 13 heavy (non-hydrogen) atoms. The van der Waals surface area contributed by atoms with Crippen LogP contribution in [0.2, 0.25) is 5.02 Å². The molecule has 1 unspecified atom stereocenters. The number of nitrogens with two attached hydrogens (primary N) is 1. The molecule has 0 amide bonds. The minimum atomic E-state index is -1.16. The molecule has 0 aromatic heterocycles. The maximum absolute atomic E-state index is 13.0. The second-order valence-corrected chi connectivity index (χ2v) is 3.11. The molecule has 2 nitrogen and oxygen atoms in total. The monoisotopic (exact) mass is 207 g/mol. The number of phenolic OH excluding ortho intramolecular Hbond substituents is 1. The van der Waals surface area contributed by atoms with E-state index in [4.69, 9.17) is 17.3 Å². The van der Waals surface area contributed by atoms with E-state index in [1.54, 1.807) is 0 Å². The van der Waals surface area contributed by atoms with E-state index in [2.05, 4.69) is 0 Å². The highest BCUT2D eigenvalue weighted by Crippen LogP contribution is 2.34. The van der Waals surface area contributed by atoms with Crippen LogP contribution in [0, 0.1) is 11.6 Å². The van der Waals surface area contributed by atoms with Crippen molar-refractivity contribution in [2.24, 2.45) is 5.73 Å². The number of halogens is 3. The number of phenols is 1. The van der Waals surface area contributed by atoms with E-state index in [1.165, 1.54) is 6.92 Å². The fourth-order valence-electron chi connectivity index (χ4n) is 1.02. The van der Waals surface area contributed by atoms with Gasteiger partial charge in [0, 0.05) is 6.04 Å². The molecule has 0 spiro atoms. The van der Waals surface area contributed by atoms with Crippen molar-refractivity contribution < 1.29 is 13.9 Å². The number of benzene rings is 1. The van der Waals surface area contributed by atoms with Crippen molar-refractivity contribution in [1.29, 1.82) is 0 Å². The average Bonchev–Trinajstić information content (AvgIpc) is 2.01. The van der Waals surface area contributed by atoms with E-state index < -0.39 is 23.4 Å². The van der Waals surface area contributed by atoms with Gasteiger partial charge in [-0.15, -0.1) is 0 Å². The molecule has 0 bridgehead atoms. The standard InChI is InChI=1S/C8H8ClF2NO/c1-3(12)6-7(11)5(10)2-4(9)8(6)13/h2-3,13H,12H2,1H3. The van der Waals surface area contributed by atoms with Gasteiger partial charge in [0.25, 0.3) is 0 Å². The highest BCUT2D eigenvalue weighted by molar-refractivity contribution is 6.32. The summed E-state index contributed by atoms with van der Waals surface area (Å²) >= 11 is 5.42. The average molecular weight is 208 g/mol. The van der Waals surface area contributed by atoms with Gasteiger partial charge in [0.1, 0.15) is 5.75 Å². The fraction of sp³-hybridized carbons (Fsp3) is 0.250. The van der Waals surface area contributed by atoms with Crippen molar-refractivity contribution in [3.05, 3.63) is 28.3 Å². The first-order valence-corrected chi connectivity index (χ1v) is 3.95. The van der Waals surface area contributed by atoms with Crippen LogP contribution in [0.3, 0.4) is 0 Å². The van der Waals surface area contributed by atoms with Gasteiger partial charge in [-0.1, -0.05) is 11.6 Å². The van der Waals surface area contributed by atoms with E-state index in [0.717, 1.165) is 0 Å². The van der Waals surface area contributed by atoms with Crippen molar-refractivity contribution >= 4 is 11.6 Å². The van der Waals surface area contributed by atoms with Crippen LogP contribution in [0.25, 0.3) is 0 Å². The lowest BCUT2D eigenvalue weighted by Crippen LogP contribution is -2.09. The lowest BCUT2D eigenvalue weighted by Gasteiger charge is -2.11. The smallest absolute Gasteiger partial charge is 0.167 e. The molecule has 72 valence electrons. The summed E-state index contributed by atoms with van der Waals surface area (Å²) in [5, 5.41) is 9.01. The van der Waals surface area contributed by atoms with E-state index in [9.17, 15) is 13.9 Å². The molecule has 1 atom stereocenters.